The van der Waals surface area contributed by atoms with Crippen LogP contribution in [0.3, 0.4) is 0 Å². The molecule has 0 spiro atoms. The SMILES string of the molecule is Cn1ccc(NC(=O)CNC(C)(C)C)n1. The van der Waals surface area contributed by atoms with E-state index in [4.69, 9.17) is 0 Å². The highest BCUT2D eigenvalue weighted by atomic mass is 16.2. The first-order valence-corrected chi connectivity index (χ1v) is 4.91. The predicted octanol–water partition coefficient (Wildman–Crippen LogP) is 0.747. The van der Waals surface area contributed by atoms with Gasteiger partial charge in [0.25, 0.3) is 0 Å². The van der Waals surface area contributed by atoms with Crippen LogP contribution < -0.4 is 10.6 Å². The minimum atomic E-state index is -0.0800. The maximum Gasteiger partial charge on any atom is 0.239 e. The van der Waals surface area contributed by atoms with Crippen LogP contribution in [0.15, 0.2) is 12.3 Å². The smallest absolute Gasteiger partial charge is 0.239 e. The van der Waals surface area contributed by atoms with Crippen LogP contribution in [0.1, 0.15) is 20.8 Å². The molecule has 5 heteroatoms. The fourth-order valence-corrected chi connectivity index (χ4v) is 1.01. The lowest BCUT2D eigenvalue weighted by atomic mass is 10.1. The molecule has 0 atom stereocenters. The van der Waals surface area contributed by atoms with Crippen LogP contribution in [0.2, 0.25) is 0 Å². The molecule has 0 aliphatic rings. The van der Waals surface area contributed by atoms with Crippen molar-refractivity contribution >= 4 is 11.7 Å². The van der Waals surface area contributed by atoms with E-state index in [9.17, 15) is 4.79 Å². The Bertz CT molecular complexity index is 337. The Labute approximate surface area is 89.9 Å². The van der Waals surface area contributed by atoms with Gasteiger partial charge in [0.1, 0.15) is 0 Å². The molecular formula is C10H18N4O. The van der Waals surface area contributed by atoms with Crippen molar-refractivity contribution in [1.82, 2.24) is 15.1 Å². The van der Waals surface area contributed by atoms with Gasteiger partial charge < -0.3 is 10.6 Å². The van der Waals surface area contributed by atoms with Crippen molar-refractivity contribution < 1.29 is 4.79 Å². The van der Waals surface area contributed by atoms with E-state index in [1.54, 1.807) is 16.9 Å². The number of anilines is 1. The molecule has 1 aromatic heterocycles. The molecule has 15 heavy (non-hydrogen) atoms. The summed E-state index contributed by atoms with van der Waals surface area (Å²) in [7, 11) is 1.81. The first-order chi connectivity index (χ1) is 6.87. The summed E-state index contributed by atoms with van der Waals surface area (Å²) in [6.45, 7) is 6.34. The van der Waals surface area contributed by atoms with Crippen LogP contribution in [0.25, 0.3) is 0 Å². The second-order valence-corrected chi connectivity index (χ2v) is 4.53. The molecule has 0 saturated heterocycles. The third-order valence-electron chi connectivity index (χ3n) is 1.76. The summed E-state index contributed by atoms with van der Waals surface area (Å²) < 4.78 is 1.65. The Morgan fingerprint density at radius 2 is 2.20 bits per heavy atom. The number of rotatable bonds is 3. The zero-order chi connectivity index (χ0) is 11.5. The van der Waals surface area contributed by atoms with Crippen molar-refractivity contribution in [2.75, 3.05) is 11.9 Å². The van der Waals surface area contributed by atoms with Crippen LogP contribution in [0, 0.1) is 0 Å². The quantitative estimate of drug-likeness (QED) is 0.774. The fourth-order valence-electron chi connectivity index (χ4n) is 1.01. The first kappa shape index (κ1) is 11.7. The molecule has 1 rings (SSSR count). The van der Waals surface area contributed by atoms with Crippen LogP contribution in [-0.4, -0.2) is 27.8 Å². The van der Waals surface area contributed by atoms with E-state index < -0.39 is 0 Å². The molecule has 0 aliphatic heterocycles. The first-order valence-electron chi connectivity index (χ1n) is 4.91. The number of hydrogen-bond acceptors (Lipinski definition) is 3. The summed E-state index contributed by atoms with van der Waals surface area (Å²) in [5.74, 6) is 0.502. The Morgan fingerprint density at radius 1 is 1.53 bits per heavy atom. The summed E-state index contributed by atoms with van der Waals surface area (Å²) in [5.41, 5.74) is -0.0541. The van der Waals surface area contributed by atoms with Gasteiger partial charge in [-0.1, -0.05) is 0 Å². The standard InChI is InChI=1S/C10H18N4O/c1-10(2,3)11-7-9(15)12-8-5-6-14(4)13-8/h5-6,11H,7H2,1-4H3,(H,12,13,15). The van der Waals surface area contributed by atoms with Crippen molar-refractivity contribution in [3.63, 3.8) is 0 Å². The number of carbonyl (C=O) groups is 1. The third-order valence-corrected chi connectivity index (χ3v) is 1.76. The molecule has 0 unspecified atom stereocenters. The zero-order valence-electron chi connectivity index (χ0n) is 9.66. The molecule has 1 heterocycles. The van der Waals surface area contributed by atoms with Crippen molar-refractivity contribution in [3.8, 4) is 0 Å². The Kier molecular flexibility index (Phi) is 3.47. The van der Waals surface area contributed by atoms with E-state index >= 15 is 0 Å². The number of amides is 1. The van der Waals surface area contributed by atoms with Crippen molar-refractivity contribution in [1.29, 1.82) is 0 Å². The summed E-state index contributed by atoms with van der Waals surface area (Å²) in [6, 6.07) is 1.76. The van der Waals surface area contributed by atoms with E-state index in [-0.39, 0.29) is 11.4 Å². The van der Waals surface area contributed by atoms with Crippen LogP contribution >= 0.6 is 0 Å². The molecule has 2 N–H and O–H groups in total. The minimum Gasteiger partial charge on any atom is -0.308 e. The third kappa shape index (κ3) is 4.60. The molecule has 0 fully saturated rings. The molecule has 0 radical (unpaired) electrons. The maximum atomic E-state index is 11.4. The summed E-state index contributed by atoms with van der Waals surface area (Å²) in [4.78, 5) is 11.4. The van der Waals surface area contributed by atoms with E-state index in [1.807, 2.05) is 27.8 Å². The maximum absolute atomic E-state index is 11.4. The summed E-state index contributed by atoms with van der Waals surface area (Å²) in [5, 5.41) is 9.86. The van der Waals surface area contributed by atoms with E-state index in [0.29, 0.717) is 12.4 Å². The second-order valence-electron chi connectivity index (χ2n) is 4.53. The highest BCUT2D eigenvalue weighted by molar-refractivity contribution is 5.91. The molecule has 0 bridgehead atoms. The molecule has 84 valence electrons. The number of hydrogen-bond donors (Lipinski definition) is 2. The zero-order valence-corrected chi connectivity index (χ0v) is 9.66. The van der Waals surface area contributed by atoms with Gasteiger partial charge in [0.15, 0.2) is 5.82 Å². The van der Waals surface area contributed by atoms with Gasteiger partial charge in [-0.15, -0.1) is 0 Å². The van der Waals surface area contributed by atoms with Gasteiger partial charge in [-0.25, -0.2) is 0 Å². The molecular weight excluding hydrogens is 192 g/mol. The minimum absolute atomic E-state index is 0.0541. The average molecular weight is 210 g/mol. The number of nitrogens with one attached hydrogen (secondary N) is 2. The Balaban J connectivity index is 2.37. The summed E-state index contributed by atoms with van der Waals surface area (Å²) in [6.07, 6.45) is 1.78. The number of carbonyl (C=O) groups excluding carboxylic acids is 1. The van der Waals surface area contributed by atoms with Gasteiger partial charge in [0.2, 0.25) is 5.91 Å². The van der Waals surface area contributed by atoms with Gasteiger partial charge in [-0.3, -0.25) is 9.48 Å². The van der Waals surface area contributed by atoms with E-state index in [0.717, 1.165) is 0 Å². The van der Waals surface area contributed by atoms with Gasteiger partial charge in [0.05, 0.1) is 6.54 Å². The summed E-state index contributed by atoms with van der Waals surface area (Å²) >= 11 is 0. The van der Waals surface area contributed by atoms with E-state index in [1.165, 1.54) is 0 Å². The number of aryl methyl sites for hydroxylation is 1. The van der Waals surface area contributed by atoms with Gasteiger partial charge in [-0.05, 0) is 20.8 Å². The van der Waals surface area contributed by atoms with Crippen molar-refractivity contribution in [2.45, 2.75) is 26.3 Å². The normalized spacial score (nSPS) is 11.5. The molecule has 1 aromatic rings. The van der Waals surface area contributed by atoms with E-state index in [2.05, 4.69) is 15.7 Å². The predicted molar refractivity (Wildman–Crippen MR) is 59.6 cm³/mol. The average Bonchev–Trinajstić information content (AvgIpc) is 2.47. The highest BCUT2D eigenvalue weighted by Crippen LogP contribution is 2.01. The monoisotopic (exact) mass is 210 g/mol. The Morgan fingerprint density at radius 3 is 2.67 bits per heavy atom. The van der Waals surface area contributed by atoms with Gasteiger partial charge >= 0.3 is 0 Å². The van der Waals surface area contributed by atoms with Gasteiger partial charge in [-0.2, -0.15) is 5.10 Å². The molecule has 1 amide bonds. The topological polar surface area (TPSA) is 59.0 Å². The largest absolute Gasteiger partial charge is 0.308 e. The highest BCUT2D eigenvalue weighted by Gasteiger charge is 2.11. The fraction of sp³-hybridized carbons (Fsp3) is 0.600. The second kappa shape index (κ2) is 4.44. The van der Waals surface area contributed by atoms with Crippen molar-refractivity contribution in [3.05, 3.63) is 12.3 Å². The lowest BCUT2D eigenvalue weighted by Gasteiger charge is -2.19. The van der Waals surface area contributed by atoms with Crippen LogP contribution in [-0.2, 0) is 11.8 Å². The molecule has 0 aromatic carbocycles. The number of nitrogens with zero attached hydrogens (tertiary/aromatic N) is 2. The molecule has 5 nitrogen and oxygen atoms in total. The van der Waals surface area contributed by atoms with Gasteiger partial charge in [0, 0.05) is 24.8 Å². The molecule has 0 aliphatic carbocycles. The number of aromatic nitrogens is 2. The van der Waals surface area contributed by atoms with Crippen LogP contribution in [0.4, 0.5) is 5.82 Å². The lowest BCUT2D eigenvalue weighted by molar-refractivity contribution is -0.115. The molecule has 0 saturated carbocycles. The Hall–Kier alpha value is -1.36. The van der Waals surface area contributed by atoms with Crippen LogP contribution in [0.5, 0.6) is 0 Å². The van der Waals surface area contributed by atoms with Crippen molar-refractivity contribution in [2.24, 2.45) is 7.05 Å². The lowest BCUT2D eigenvalue weighted by Crippen LogP contribution is -2.41.